The van der Waals surface area contributed by atoms with Crippen molar-refractivity contribution in [2.45, 2.75) is 13.0 Å². The minimum atomic E-state index is -0.686. The fourth-order valence-electron chi connectivity index (χ4n) is 2.46. The number of rotatable bonds is 1. The van der Waals surface area contributed by atoms with Crippen LogP contribution in [0.15, 0.2) is 12.1 Å². The summed E-state index contributed by atoms with van der Waals surface area (Å²) in [6.07, 6.45) is 0. The van der Waals surface area contributed by atoms with Crippen LogP contribution >= 0.6 is 11.8 Å². The van der Waals surface area contributed by atoms with Gasteiger partial charge in [-0.25, -0.2) is 4.39 Å². The number of nitrogens with zero attached hydrogens (tertiary/aromatic N) is 1. The highest BCUT2D eigenvalue weighted by molar-refractivity contribution is 7.99. The number of hydrogen-bond donors (Lipinski definition) is 1. The van der Waals surface area contributed by atoms with E-state index in [1.54, 1.807) is 6.07 Å². The summed E-state index contributed by atoms with van der Waals surface area (Å²) in [6.45, 7) is 2.81. The van der Waals surface area contributed by atoms with Gasteiger partial charge in [-0.15, -0.1) is 0 Å². The molecule has 1 aromatic rings. The minimum Gasteiger partial charge on any atom is -0.365 e. The average Bonchev–Trinajstić information content (AvgIpc) is 2.66. The van der Waals surface area contributed by atoms with Crippen molar-refractivity contribution in [3.8, 4) is 0 Å². The predicted molar refractivity (Wildman–Crippen MR) is 73.5 cm³/mol. The lowest BCUT2D eigenvalue weighted by atomic mass is 10.1. The SMILES string of the molecule is CC1CSCCN1c1cc2c(cc1F)C(=O)C(=O)N2. The first-order chi connectivity index (χ1) is 9.08. The first kappa shape index (κ1) is 12.5. The summed E-state index contributed by atoms with van der Waals surface area (Å²) in [4.78, 5) is 24.8. The zero-order valence-corrected chi connectivity index (χ0v) is 11.2. The van der Waals surface area contributed by atoms with Gasteiger partial charge >= 0.3 is 0 Å². The van der Waals surface area contributed by atoms with E-state index in [1.165, 1.54) is 6.07 Å². The summed E-state index contributed by atoms with van der Waals surface area (Å²) >= 11 is 1.85. The van der Waals surface area contributed by atoms with Crippen molar-refractivity contribution in [2.75, 3.05) is 28.3 Å². The number of Topliss-reactive ketones (excluding diaryl/α,β-unsaturated/α-hetero) is 1. The van der Waals surface area contributed by atoms with Gasteiger partial charge in [-0.05, 0) is 19.1 Å². The number of carbonyl (C=O) groups is 2. The third-order valence-electron chi connectivity index (χ3n) is 3.46. The van der Waals surface area contributed by atoms with E-state index in [0.29, 0.717) is 11.4 Å². The quantitative estimate of drug-likeness (QED) is 0.798. The highest BCUT2D eigenvalue weighted by Gasteiger charge is 2.31. The van der Waals surface area contributed by atoms with Crippen molar-refractivity contribution in [2.24, 2.45) is 0 Å². The van der Waals surface area contributed by atoms with Gasteiger partial charge in [0.2, 0.25) is 0 Å². The van der Waals surface area contributed by atoms with Gasteiger partial charge in [0.15, 0.2) is 0 Å². The van der Waals surface area contributed by atoms with E-state index in [1.807, 2.05) is 23.6 Å². The molecule has 1 N–H and O–H groups in total. The largest absolute Gasteiger partial charge is 0.365 e. The molecule has 0 aliphatic carbocycles. The monoisotopic (exact) mass is 280 g/mol. The summed E-state index contributed by atoms with van der Waals surface area (Å²) in [6, 6.07) is 2.97. The Morgan fingerprint density at radius 2 is 2.21 bits per heavy atom. The van der Waals surface area contributed by atoms with Crippen LogP contribution in [0.2, 0.25) is 0 Å². The van der Waals surface area contributed by atoms with Crippen molar-refractivity contribution in [3.63, 3.8) is 0 Å². The van der Waals surface area contributed by atoms with E-state index in [2.05, 4.69) is 5.32 Å². The second kappa shape index (κ2) is 4.52. The molecule has 6 heteroatoms. The molecule has 0 aromatic heterocycles. The number of fused-ring (bicyclic) bond motifs is 1. The van der Waals surface area contributed by atoms with Crippen LogP contribution in [0.3, 0.4) is 0 Å². The lowest BCUT2D eigenvalue weighted by Crippen LogP contribution is -2.40. The normalized spacial score (nSPS) is 22.4. The minimum absolute atomic E-state index is 0.130. The van der Waals surface area contributed by atoms with E-state index in [4.69, 9.17) is 0 Å². The Morgan fingerprint density at radius 1 is 1.42 bits per heavy atom. The number of halogens is 1. The molecule has 0 bridgehead atoms. The molecular weight excluding hydrogens is 267 g/mol. The number of anilines is 2. The molecule has 2 aliphatic heterocycles. The van der Waals surface area contributed by atoms with Gasteiger partial charge in [0, 0.05) is 24.1 Å². The number of hydrogen-bond acceptors (Lipinski definition) is 4. The summed E-state index contributed by atoms with van der Waals surface area (Å²) < 4.78 is 14.2. The Bertz CT molecular complexity index is 576. The smallest absolute Gasteiger partial charge is 0.296 e. The van der Waals surface area contributed by atoms with E-state index in [-0.39, 0.29) is 11.6 Å². The first-order valence-electron chi connectivity index (χ1n) is 6.11. The van der Waals surface area contributed by atoms with Crippen molar-refractivity contribution < 1.29 is 14.0 Å². The second-order valence-corrected chi connectivity index (χ2v) is 5.90. The Labute approximate surface area is 114 Å². The van der Waals surface area contributed by atoms with Crippen LogP contribution in [0.5, 0.6) is 0 Å². The van der Waals surface area contributed by atoms with Gasteiger partial charge in [0.05, 0.1) is 16.9 Å². The van der Waals surface area contributed by atoms with Crippen LogP contribution in [-0.4, -0.2) is 35.8 Å². The van der Waals surface area contributed by atoms with Crippen LogP contribution < -0.4 is 10.2 Å². The molecule has 1 aromatic carbocycles. The van der Waals surface area contributed by atoms with Crippen LogP contribution in [0.1, 0.15) is 17.3 Å². The molecule has 0 spiro atoms. The fourth-order valence-corrected chi connectivity index (χ4v) is 3.47. The lowest BCUT2D eigenvalue weighted by molar-refractivity contribution is -0.112. The average molecular weight is 280 g/mol. The Balaban J connectivity index is 2.02. The number of ketones is 1. The molecular formula is C13H13FN2O2S. The first-order valence-corrected chi connectivity index (χ1v) is 7.27. The third-order valence-corrected chi connectivity index (χ3v) is 4.65. The van der Waals surface area contributed by atoms with E-state index in [0.717, 1.165) is 18.1 Å². The van der Waals surface area contributed by atoms with Crippen molar-refractivity contribution in [3.05, 3.63) is 23.5 Å². The highest BCUT2D eigenvalue weighted by Crippen LogP contribution is 2.33. The molecule has 100 valence electrons. The van der Waals surface area contributed by atoms with Gasteiger partial charge in [-0.1, -0.05) is 0 Å². The van der Waals surface area contributed by atoms with Crippen LogP contribution in [0.4, 0.5) is 15.8 Å². The Kier molecular flexibility index (Phi) is 2.97. The maximum absolute atomic E-state index is 14.2. The molecule has 0 saturated carbocycles. The fraction of sp³-hybridized carbons (Fsp3) is 0.385. The summed E-state index contributed by atoms with van der Waals surface area (Å²) in [7, 11) is 0. The molecule has 2 heterocycles. The van der Waals surface area contributed by atoms with Gasteiger partial charge in [-0.2, -0.15) is 11.8 Å². The van der Waals surface area contributed by atoms with Crippen LogP contribution in [0.25, 0.3) is 0 Å². The molecule has 1 atom stereocenters. The predicted octanol–water partition coefficient (Wildman–Crippen LogP) is 1.90. The molecule has 3 rings (SSSR count). The standard InChI is InChI=1S/C13H13FN2O2S/c1-7-6-19-3-2-16(7)11-5-10-8(4-9(11)14)12(17)13(18)15-10/h4-5,7H,2-3,6H2,1H3,(H,15,17,18). The second-order valence-electron chi connectivity index (χ2n) is 4.75. The summed E-state index contributed by atoms with van der Waals surface area (Å²) in [5, 5.41) is 2.48. The molecule has 1 fully saturated rings. The summed E-state index contributed by atoms with van der Waals surface area (Å²) in [5.74, 6) is 0.104. The maximum Gasteiger partial charge on any atom is 0.296 e. The number of benzene rings is 1. The number of thioether (sulfide) groups is 1. The topological polar surface area (TPSA) is 49.4 Å². The van der Waals surface area contributed by atoms with Gasteiger partial charge in [-0.3, -0.25) is 9.59 Å². The van der Waals surface area contributed by atoms with E-state index < -0.39 is 17.5 Å². The number of amides is 1. The van der Waals surface area contributed by atoms with Crippen LogP contribution in [0, 0.1) is 5.82 Å². The lowest BCUT2D eigenvalue weighted by Gasteiger charge is -2.35. The molecule has 0 radical (unpaired) electrons. The van der Waals surface area contributed by atoms with E-state index >= 15 is 0 Å². The van der Waals surface area contributed by atoms with Crippen molar-refractivity contribution >= 4 is 34.8 Å². The van der Waals surface area contributed by atoms with Crippen molar-refractivity contribution in [1.29, 1.82) is 0 Å². The molecule has 2 aliphatic rings. The van der Waals surface area contributed by atoms with Crippen LogP contribution in [-0.2, 0) is 4.79 Å². The molecule has 1 amide bonds. The molecule has 1 unspecified atom stereocenters. The zero-order chi connectivity index (χ0) is 13.6. The molecule has 4 nitrogen and oxygen atoms in total. The Hall–Kier alpha value is -1.56. The molecule has 19 heavy (non-hydrogen) atoms. The van der Waals surface area contributed by atoms with Gasteiger partial charge in [0.1, 0.15) is 5.82 Å². The molecule has 1 saturated heterocycles. The third kappa shape index (κ3) is 2.00. The summed E-state index contributed by atoms with van der Waals surface area (Å²) in [5.41, 5.74) is 1.00. The number of nitrogens with one attached hydrogen (secondary N) is 1. The van der Waals surface area contributed by atoms with E-state index in [9.17, 15) is 14.0 Å². The highest BCUT2D eigenvalue weighted by atomic mass is 32.2. The van der Waals surface area contributed by atoms with Gasteiger partial charge in [0.25, 0.3) is 11.7 Å². The zero-order valence-electron chi connectivity index (χ0n) is 10.4. The van der Waals surface area contributed by atoms with Crippen molar-refractivity contribution in [1.82, 2.24) is 0 Å². The Morgan fingerprint density at radius 3 is 2.95 bits per heavy atom. The number of carbonyl (C=O) groups excluding carboxylic acids is 2. The maximum atomic E-state index is 14.2. The van der Waals surface area contributed by atoms with Gasteiger partial charge < -0.3 is 10.2 Å².